The maximum Gasteiger partial charge on any atom is 0.268 e. The number of amides is 2. The quantitative estimate of drug-likeness (QED) is 0.160. The standard InChI is InChI=1S/C53H38N2O2/c1-33-28-34(2)49(35(3)29-33)39-26-27-42-41-22-13-14-24-46(41)54(48(42)32-39)47-25-15-23-43-50(47)53(57)55(52(43)56)51-44(37-18-9-5-10-19-37)30-40(36-16-7-4-8-17-36)31-45(51)38-20-11-6-12-21-38/h4-32H,1-3H3. The predicted molar refractivity (Wildman–Crippen MR) is 234 cm³/mol. The minimum Gasteiger partial charge on any atom is -0.308 e. The molecule has 4 heteroatoms. The molecule has 1 aliphatic heterocycles. The smallest absolute Gasteiger partial charge is 0.268 e. The van der Waals surface area contributed by atoms with E-state index in [4.69, 9.17) is 0 Å². The molecule has 8 aromatic carbocycles. The minimum atomic E-state index is -0.347. The van der Waals surface area contributed by atoms with Gasteiger partial charge in [-0.1, -0.05) is 145 Å². The van der Waals surface area contributed by atoms with Crippen molar-refractivity contribution in [2.24, 2.45) is 0 Å². The highest BCUT2D eigenvalue weighted by Crippen LogP contribution is 2.47. The van der Waals surface area contributed by atoms with Gasteiger partial charge in [-0.2, -0.15) is 0 Å². The summed E-state index contributed by atoms with van der Waals surface area (Å²) in [6.45, 7) is 6.46. The lowest BCUT2D eigenvalue weighted by Crippen LogP contribution is -2.30. The third-order valence-corrected chi connectivity index (χ3v) is 11.4. The third-order valence-electron chi connectivity index (χ3n) is 11.4. The molecular formula is C53H38N2O2. The first-order valence-corrected chi connectivity index (χ1v) is 19.4. The van der Waals surface area contributed by atoms with Crippen molar-refractivity contribution in [3.63, 3.8) is 0 Å². The van der Waals surface area contributed by atoms with Crippen molar-refractivity contribution in [3.05, 3.63) is 204 Å². The van der Waals surface area contributed by atoms with E-state index in [1.807, 2.05) is 97.1 Å². The second-order valence-electron chi connectivity index (χ2n) is 15.0. The zero-order valence-electron chi connectivity index (χ0n) is 32.0. The predicted octanol–water partition coefficient (Wildman–Crippen LogP) is 13.2. The maximum atomic E-state index is 15.4. The fraction of sp³-hybridized carbons (Fsp3) is 0.0566. The molecule has 0 saturated carbocycles. The highest BCUT2D eigenvalue weighted by Gasteiger charge is 2.41. The van der Waals surface area contributed by atoms with E-state index in [1.54, 1.807) is 6.07 Å². The van der Waals surface area contributed by atoms with Crippen molar-refractivity contribution in [2.45, 2.75) is 20.8 Å². The highest BCUT2D eigenvalue weighted by molar-refractivity contribution is 6.37. The molecule has 9 aromatic rings. The van der Waals surface area contributed by atoms with Gasteiger partial charge in [-0.05, 0) is 102 Å². The van der Waals surface area contributed by atoms with Crippen molar-refractivity contribution in [2.75, 3.05) is 4.90 Å². The molecule has 272 valence electrons. The molecule has 0 atom stereocenters. The number of nitrogens with zero attached hydrogens (tertiary/aromatic N) is 2. The van der Waals surface area contributed by atoms with Gasteiger partial charge in [0.1, 0.15) is 0 Å². The van der Waals surface area contributed by atoms with Crippen LogP contribution in [0.4, 0.5) is 5.69 Å². The van der Waals surface area contributed by atoms with Crippen LogP contribution < -0.4 is 4.90 Å². The zero-order chi connectivity index (χ0) is 38.8. The lowest BCUT2D eigenvalue weighted by Gasteiger charge is -2.24. The normalized spacial score (nSPS) is 12.5. The molecule has 2 amide bonds. The Hall–Kier alpha value is -7.30. The number of fused-ring (bicyclic) bond motifs is 4. The van der Waals surface area contributed by atoms with Crippen LogP contribution in [0.1, 0.15) is 37.4 Å². The fourth-order valence-corrected chi connectivity index (χ4v) is 9.03. The second-order valence-corrected chi connectivity index (χ2v) is 15.0. The number of carbonyl (C=O) groups excluding carboxylic acids is 2. The Morgan fingerprint density at radius 1 is 0.386 bits per heavy atom. The lowest BCUT2D eigenvalue weighted by atomic mass is 9.90. The molecule has 2 heterocycles. The zero-order valence-corrected chi connectivity index (χ0v) is 32.0. The Morgan fingerprint density at radius 2 is 0.947 bits per heavy atom. The van der Waals surface area contributed by atoms with Crippen molar-refractivity contribution in [1.82, 2.24) is 4.57 Å². The largest absolute Gasteiger partial charge is 0.308 e. The van der Waals surface area contributed by atoms with Crippen LogP contribution in [0.2, 0.25) is 0 Å². The molecule has 10 rings (SSSR count). The van der Waals surface area contributed by atoms with E-state index < -0.39 is 0 Å². The van der Waals surface area contributed by atoms with Gasteiger partial charge < -0.3 is 4.57 Å². The average Bonchev–Trinajstić information content (AvgIpc) is 3.70. The van der Waals surface area contributed by atoms with Gasteiger partial charge in [0, 0.05) is 21.9 Å². The van der Waals surface area contributed by atoms with Gasteiger partial charge in [0.15, 0.2) is 0 Å². The number of hydrogen-bond acceptors (Lipinski definition) is 2. The Balaban J connectivity index is 1.22. The molecule has 0 fully saturated rings. The first-order valence-electron chi connectivity index (χ1n) is 19.4. The molecule has 0 unspecified atom stereocenters. The van der Waals surface area contributed by atoms with E-state index in [0.29, 0.717) is 22.5 Å². The molecular weight excluding hydrogens is 697 g/mol. The molecule has 0 saturated heterocycles. The van der Waals surface area contributed by atoms with Crippen LogP contribution in [0.25, 0.3) is 72.0 Å². The molecule has 57 heavy (non-hydrogen) atoms. The minimum absolute atomic E-state index is 0.342. The molecule has 0 spiro atoms. The fourth-order valence-electron chi connectivity index (χ4n) is 9.03. The Kier molecular flexibility index (Phi) is 8.08. The summed E-state index contributed by atoms with van der Waals surface area (Å²) in [6, 6.07) is 59.6. The van der Waals surface area contributed by atoms with Crippen LogP contribution in [0.5, 0.6) is 0 Å². The molecule has 4 nitrogen and oxygen atoms in total. The van der Waals surface area contributed by atoms with Crippen LogP contribution in [0.3, 0.4) is 0 Å². The Labute approximate surface area is 331 Å². The van der Waals surface area contributed by atoms with Crippen molar-refractivity contribution < 1.29 is 9.59 Å². The first-order chi connectivity index (χ1) is 27.9. The van der Waals surface area contributed by atoms with Crippen LogP contribution in [0.15, 0.2) is 176 Å². The Morgan fingerprint density at radius 3 is 1.58 bits per heavy atom. The SMILES string of the molecule is Cc1cc(C)c(-c2ccc3c4ccccc4n(-c4cccc5c4C(=O)N(c4c(-c6ccccc6)cc(-c6ccccc6)cc4-c4ccccc4)C5=O)c3c2)c(C)c1. The lowest BCUT2D eigenvalue weighted by molar-refractivity contribution is 0.0926. The van der Waals surface area contributed by atoms with E-state index in [9.17, 15) is 0 Å². The van der Waals surface area contributed by atoms with E-state index in [2.05, 4.69) is 98.1 Å². The monoisotopic (exact) mass is 734 g/mol. The number of imide groups is 1. The molecule has 1 aromatic heterocycles. The Bertz CT molecular complexity index is 2990. The maximum absolute atomic E-state index is 15.4. The van der Waals surface area contributed by atoms with Crippen LogP contribution in [-0.4, -0.2) is 16.4 Å². The molecule has 0 bridgehead atoms. The van der Waals surface area contributed by atoms with Gasteiger partial charge >= 0.3 is 0 Å². The van der Waals surface area contributed by atoms with Gasteiger partial charge in [0.2, 0.25) is 0 Å². The topological polar surface area (TPSA) is 42.3 Å². The van der Waals surface area contributed by atoms with Crippen LogP contribution in [0, 0.1) is 20.8 Å². The van der Waals surface area contributed by atoms with E-state index in [-0.39, 0.29) is 11.8 Å². The van der Waals surface area contributed by atoms with E-state index in [0.717, 1.165) is 60.8 Å². The summed E-state index contributed by atoms with van der Waals surface area (Å²) >= 11 is 0. The summed E-state index contributed by atoms with van der Waals surface area (Å²) in [7, 11) is 0. The molecule has 0 N–H and O–H groups in total. The number of carbonyl (C=O) groups is 2. The number of benzene rings is 8. The molecule has 0 aliphatic carbocycles. The molecule has 0 radical (unpaired) electrons. The van der Waals surface area contributed by atoms with Crippen molar-refractivity contribution >= 4 is 39.3 Å². The second kappa shape index (κ2) is 13.5. The summed E-state index contributed by atoms with van der Waals surface area (Å²) in [4.78, 5) is 31.9. The van der Waals surface area contributed by atoms with Gasteiger partial charge in [0.05, 0.1) is 33.5 Å². The summed E-state index contributed by atoms with van der Waals surface area (Å²) < 4.78 is 2.18. The average molecular weight is 735 g/mol. The van der Waals surface area contributed by atoms with Crippen LogP contribution in [-0.2, 0) is 0 Å². The van der Waals surface area contributed by atoms with Crippen molar-refractivity contribution in [1.29, 1.82) is 0 Å². The number of anilines is 1. The number of aryl methyl sites for hydroxylation is 3. The van der Waals surface area contributed by atoms with Crippen molar-refractivity contribution in [3.8, 4) is 50.2 Å². The van der Waals surface area contributed by atoms with E-state index in [1.165, 1.54) is 27.2 Å². The summed E-state index contributed by atoms with van der Waals surface area (Å²) in [5.41, 5.74) is 15.4. The number of aromatic nitrogens is 1. The van der Waals surface area contributed by atoms with Crippen LogP contribution >= 0.6 is 0 Å². The van der Waals surface area contributed by atoms with Gasteiger partial charge in [-0.3, -0.25) is 9.59 Å². The number of rotatable bonds is 6. The molecule has 1 aliphatic rings. The number of hydrogen-bond donors (Lipinski definition) is 0. The van der Waals surface area contributed by atoms with Gasteiger partial charge in [0.25, 0.3) is 11.8 Å². The van der Waals surface area contributed by atoms with Gasteiger partial charge in [-0.25, -0.2) is 4.90 Å². The number of para-hydroxylation sites is 1. The van der Waals surface area contributed by atoms with E-state index >= 15 is 9.59 Å². The third kappa shape index (κ3) is 5.52. The van der Waals surface area contributed by atoms with Gasteiger partial charge in [-0.15, -0.1) is 0 Å². The highest BCUT2D eigenvalue weighted by atomic mass is 16.2. The summed E-state index contributed by atoms with van der Waals surface area (Å²) in [5.74, 6) is -0.689. The summed E-state index contributed by atoms with van der Waals surface area (Å²) in [6.07, 6.45) is 0. The summed E-state index contributed by atoms with van der Waals surface area (Å²) in [5, 5.41) is 2.16. The first kappa shape index (κ1) is 34.2.